The van der Waals surface area contributed by atoms with Gasteiger partial charge in [-0.05, 0) is 50.2 Å². The molecule has 1 aromatic heterocycles. The molecule has 4 rings (SSSR count). The first-order valence-electron chi connectivity index (χ1n) is 10.1. The predicted octanol–water partition coefficient (Wildman–Crippen LogP) is 5.51. The third kappa shape index (κ3) is 4.51. The fraction of sp³-hybridized carbons (Fsp3) is 0.154. The smallest absolute Gasteiger partial charge is 0.235 e. The molecule has 0 saturated heterocycles. The fourth-order valence-corrected chi connectivity index (χ4v) is 3.25. The zero-order valence-electron chi connectivity index (χ0n) is 17.3. The van der Waals surface area contributed by atoms with Gasteiger partial charge in [0.25, 0.3) is 0 Å². The summed E-state index contributed by atoms with van der Waals surface area (Å²) in [5.41, 5.74) is 1.32. The van der Waals surface area contributed by atoms with Gasteiger partial charge in [0.1, 0.15) is 11.3 Å². The molecule has 4 aromatic rings. The van der Waals surface area contributed by atoms with E-state index in [9.17, 15) is 9.59 Å². The van der Waals surface area contributed by atoms with Crippen LogP contribution in [0.5, 0.6) is 11.5 Å². The van der Waals surface area contributed by atoms with Crippen molar-refractivity contribution in [3.63, 3.8) is 0 Å². The molecule has 0 atom stereocenters. The Hall–Kier alpha value is -3.86. The second-order valence-corrected chi connectivity index (χ2v) is 7.35. The molecule has 0 aliphatic rings. The number of hydrogen-bond donors (Lipinski definition) is 0. The maximum atomic E-state index is 13.1. The number of carbonyl (C=O) groups excluding carboxylic acids is 1. The fourth-order valence-electron chi connectivity index (χ4n) is 3.25. The summed E-state index contributed by atoms with van der Waals surface area (Å²) >= 11 is 0. The van der Waals surface area contributed by atoms with Gasteiger partial charge in [-0.2, -0.15) is 0 Å². The first kappa shape index (κ1) is 20.4. The van der Waals surface area contributed by atoms with Gasteiger partial charge in [0.05, 0.1) is 11.5 Å². The van der Waals surface area contributed by atoms with Crippen molar-refractivity contribution >= 4 is 16.8 Å². The van der Waals surface area contributed by atoms with Crippen LogP contribution in [0.3, 0.4) is 0 Å². The summed E-state index contributed by atoms with van der Waals surface area (Å²) in [7, 11) is 0. The molecule has 1 heterocycles. The van der Waals surface area contributed by atoms with E-state index >= 15 is 0 Å². The van der Waals surface area contributed by atoms with Crippen LogP contribution in [0.1, 0.15) is 24.2 Å². The zero-order valence-corrected chi connectivity index (χ0v) is 17.3. The van der Waals surface area contributed by atoms with E-state index in [1.54, 1.807) is 48.5 Å². The molecule has 0 fully saturated rings. The van der Waals surface area contributed by atoms with E-state index in [1.165, 1.54) is 0 Å². The summed E-state index contributed by atoms with van der Waals surface area (Å²) in [4.78, 5) is 25.8. The molecular formula is C26H22O5. The molecule has 0 aliphatic heterocycles. The number of para-hydroxylation sites is 1. The van der Waals surface area contributed by atoms with Gasteiger partial charge in [0.2, 0.25) is 11.2 Å². The minimum absolute atomic E-state index is 0.0259. The number of benzene rings is 3. The van der Waals surface area contributed by atoms with Crippen LogP contribution in [0.15, 0.2) is 88.1 Å². The number of carbonyl (C=O) groups is 1. The monoisotopic (exact) mass is 414 g/mol. The van der Waals surface area contributed by atoms with Crippen LogP contribution >= 0.6 is 0 Å². The van der Waals surface area contributed by atoms with Crippen LogP contribution in [0.4, 0.5) is 0 Å². The van der Waals surface area contributed by atoms with Gasteiger partial charge in [-0.3, -0.25) is 9.59 Å². The van der Waals surface area contributed by atoms with Gasteiger partial charge in [-0.25, -0.2) is 0 Å². The Kier molecular flexibility index (Phi) is 5.85. The zero-order chi connectivity index (χ0) is 21.8. The molecular weight excluding hydrogens is 392 g/mol. The Bertz CT molecular complexity index is 1250. The standard InChI is InChI=1S/C26H22O5/c1-17(2)30-20-14-12-18(13-15-20)22(27)16-29-26-24(28)21-10-6-7-11-23(21)31-25(26)19-8-4-3-5-9-19/h3-15,17H,16H2,1-2H3. The largest absolute Gasteiger partial charge is 0.491 e. The van der Waals surface area contributed by atoms with Gasteiger partial charge in [0, 0.05) is 11.1 Å². The SMILES string of the molecule is CC(C)Oc1ccc(C(=O)COc2c(-c3ccccc3)oc3ccccc3c2=O)cc1. The highest BCUT2D eigenvalue weighted by Crippen LogP contribution is 2.30. The molecule has 0 spiro atoms. The highest BCUT2D eigenvalue weighted by atomic mass is 16.5. The number of fused-ring (bicyclic) bond motifs is 1. The lowest BCUT2D eigenvalue weighted by Crippen LogP contribution is -2.17. The molecule has 0 unspecified atom stereocenters. The second kappa shape index (κ2) is 8.88. The summed E-state index contributed by atoms with van der Waals surface area (Å²) < 4.78 is 17.4. The topological polar surface area (TPSA) is 65.7 Å². The van der Waals surface area contributed by atoms with Gasteiger partial charge < -0.3 is 13.9 Å². The highest BCUT2D eigenvalue weighted by Gasteiger charge is 2.19. The predicted molar refractivity (Wildman–Crippen MR) is 120 cm³/mol. The van der Waals surface area contributed by atoms with Gasteiger partial charge in [-0.1, -0.05) is 42.5 Å². The van der Waals surface area contributed by atoms with Crippen molar-refractivity contribution < 1.29 is 18.7 Å². The number of ether oxygens (including phenoxy) is 2. The van der Waals surface area contributed by atoms with E-state index in [-0.39, 0.29) is 29.7 Å². The average Bonchev–Trinajstić information content (AvgIpc) is 2.79. The Morgan fingerprint density at radius 3 is 2.29 bits per heavy atom. The van der Waals surface area contributed by atoms with Crippen molar-refractivity contribution in [2.75, 3.05) is 6.61 Å². The van der Waals surface area contributed by atoms with E-state index in [2.05, 4.69) is 0 Å². The first-order chi connectivity index (χ1) is 15.0. The van der Waals surface area contributed by atoms with Crippen molar-refractivity contribution in [3.8, 4) is 22.8 Å². The Balaban J connectivity index is 1.64. The van der Waals surface area contributed by atoms with E-state index < -0.39 is 0 Å². The van der Waals surface area contributed by atoms with Crippen LogP contribution < -0.4 is 14.9 Å². The third-order valence-corrected chi connectivity index (χ3v) is 4.69. The lowest BCUT2D eigenvalue weighted by molar-refractivity contribution is 0.0920. The summed E-state index contributed by atoms with van der Waals surface area (Å²) in [6.45, 7) is 3.59. The van der Waals surface area contributed by atoms with Crippen molar-refractivity contribution in [3.05, 3.63) is 94.6 Å². The molecule has 0 bridgehead atoms. The van der Waals surface area contributed by atoms with Crippen molar-refractivity contribution in [2.45, 2.75) is 20.0 Å². The normalized spacial score (nSPS) is 10.9. The van der Waals surface area contributed by atoms with Crippen LogP contribution in [0.2, 0.25) is 0 Å². The number of Topliss-reactive ketones (excluding diaryl/α,β-unsaturated/α-hetero) is 1. The second-order valence-electron chi connectivity index (χ2n) is 7.35. The van der Waals surface area contributed by atoms with E-state index in [1.807, 2.05) is 44.2 Å². The number of hydrogen-bond acceptors (Lipinski definition) is 5. The molecule has 0 aliphatic carbocycles. The molecule has 5 heteroatoms. The summed E-state index contributed by atoms with van der Waals surface area (Å²) in [6, 6.07) is 23.1. The summed E-state index contributed by atoms with van der Waals surface area (Å²) in [5, 5.41) is 0.403. The Labute approximate surface area is 179 Å². The molecule has 5 nitrogen and oxygen atoms in total. The molecule has 156 valence electrons. The highest BCUT2D eigenvalue weighted by molar-refractivity contribution is 5.97. The van der Waals surface area contributed by atoms with E-state index in [4.69, 9.17) is 13.9 Å². The minimum atomic E-state index is -0.311. The van der Waals surface area contributed by atoms with Crippen molar-refractivity contribution in [1.29, 1.82) is 0 Å². The summed E-state index contributed by atoms with van der Waals surface area (Å²) in [6.07, 6.45) is 0.0495. The minimum Gasteiger partial charge on any atom is -0.491 e. The van der Waals surface area contributed by atoms with Crippen LogP contribution in [-0.2, 0) is 0 Å². The maximum Gasteiger partial charge on any atom is 0.235 e. The summed E-state index contributed by atoms with van der Waals surface area (Å²) in [5.74, 6) is 0.771. The van der Waals surface area contributed by atoms with Crippen LogP contribution in [-0.4, -0.2) is 18.5 Å². The van der Waals surface area contributed by atoms with Gasteiger partial charge in [-0.15, -0.1) is 0 Å². The molecule has 0 N–H and O–H groups in total. The van der Waals surface area contributed by atoms with Crippen LogP contribution in [0.25, 0.3) is 22.3 Å². The molecule has 0 saturated carbocycles. The van der Waals surface area contributed by atoms with Gasteiger partial charge in [0.15, 0.2) is 18.2 Å². The van der Waals surface area contributed by atoms with E-state index in [0.29, 0.717) is 33.6 Å². The lowest BCUT2D eigenvalue weighted by Gasteiger charge is -2.12. The van der Waals surface area contributed by atoms with Crippen molar-refractivity contribution in [1.82, 2.24) is 0 Å². The average molecular weight is 414 g/mol. The number of ketones is 1. The Morgan fingerprint density at radius 2 is 1.58 bits per heavy atom. The third-order valence-electron chi connectivity index (χ3n) is 4.69. The lowest BCUT2D eigenvalue weighted by atomic mass is 10.1. The van der Waals surface area contributed by atoms with Crippen LogP contribution in [0, 0.1) is 0 Å². The molecule has 0 amide bonds. The van der Waals surface area contributed by atoms with Crippen molar-refractivity contribution in [2.24, 2.45) is 0 Å². The van der Waals surface area contributed by atoms with Gasteiger partial charge >= 0.3 is 0 Å². The number of rotatable bonds is 7. The molecule has 0 radical (unpaired) electrons. The first-order valence-corrected chi connectivity index (χ1v) is 10.1. The molecule has 31 heavy (non-hydrogen) atoms. The molecule has 3 aromatic carbocycles. The quantitative estimate of drug-likeness (QED) is 0.373. The van der Waals surface area contributed by atoms with E-state index in [0.717, 1.165) is 0 Å². The maximum absolute atomic E-state index is 13.1. The Morgan fingerprint density at radius 1 is 0.903 bits per heavy atom.